The van der Waals surface area contributed by atoms with E-state index in [4.69, 9.17) is 9.84 Å². The Balaban J connectivity index is 2.51. The number of rotatable bonds is 3. The second-order valence-electron chi connectivity index (χ2n) is 3.48. The van der Waals surface area contributed by atoms with Crippen LogP contribution in [0.2, 0.25) is 0 Å². The Morgan fingerprint density at radius 2 is 2.27 bits per heavy atom. The summed E-state index contributed by atoms with van der Waals surface area (Å²) in [4.78, 5) is 4.47. The fourth-order valence-electron chi connectivity index (χ4n) is 1.66. The van der Waals surface area contributed by atoms with E-state index in [2.05, 4.69) is 4.98 Å². The quantitative estimate of drug-likeness (QED) is 0.771. The summed E-state index contributed by atoms with van der Waals surface area (Å²) in [6, 6.07) is 5.96. The van der Waals surface area contributed by atoms with Crippen molar-refractivity contribution in [1.29, 1.82) is 0 Å². The second-order valence-corrected chi connectivity index (χ2v) is 3.48. The van der Waals surface area contributed by atoms with Gasteiger partial charge >= 0.3 is 0 Å². The van der Waals surface area contributed by atoms with E-state index in [0.717, 1.165) is 22.4 Å². The van der Waals surface area contributed by atoms with Gasteiger partial charge in [-0.05, 0) is 13.0 Å². The lowest BCUT2D eigenvalue weighted by Crippen LogP contribution is -1.95. The first-order valence-corrected chi connectivity index (χ1v) is 4.83. The third-order valence-electron chi connectivity index (χ3n) is 2.57. The van der Waals surface area contributed by atoms with Gasteiger partial charge < -0.3 is 14.4 Å². The van der Waals surface area contributed by atoms with E-state index in [1.165, 1.54) is 0 Å². The molecule has 1 aromatic heterocycles. The number of hydrogen-bond acceptors (Lipinski definition) is 3. The van der Waals surface area contributed by atoms with Crippen LogP contribution in [0, 0.1) is 6.92 Å². The van der Waals surface area contributed by atoms with Crippen LogP contribution in [0.25, 0.3) is 11.0 Å². The number of aliphatic hydroxyl groups is 1. The molecule has 0 unspecified atom stereocenters. The van der Waals surface area contributed by atoms with Gasteiger partial charge in [0.15, 0.2) is 0 Å². The SMILES string of the molecule is Cc1nc2c(COCO)cccc2n1C. The second kappa shape index (κ2) is 4.00. The van der Waals surface area contributed by atoms with Crippen LogP contribution in [0.15, 0.2) is 18.2 Å². The van der Waals surface area contributed by atoms with Crippen LogP contribution in [-0.2, 0) is 18.4 Å². The van der Waals surface area contributed by atoms with Gasteiger partial charge in [0.25, 0.3) is 0 Å². The zero-order chi connectivity index (χ0) is 10.8. The Bertz CT molecular complexity index is 477. The smallest absolute Gasteiger partial charge is 0.144 e. The van der Waals surface area contributed by atoms with Gasteiger partial charge in [-0.2, -0.15) is 0 Å². The van der Waals surface area contributed by atoms with E-state index in [-0.39, 0.29) is 6.79 Å². The average Bonchev–Trinajstić information content (AvgIpc) is 2.53. The molecule has 0 aliphatic rings. The van der Waals surface area contributed by atoms with E-state index in [1.807, 2.05) is 36.7 Å². The number of nitrogens with zero attached hydrogens (tertiary/aromatic N) is 2. The lowest BCUT2D eigenvalue weighted by molar-refractivity contribution is -0.0108. The van der Waals surface area contributed by atoms with Gasteiger partial charge in [0.05, 0.1) is 17.6 Å². The molecule has 0 saturated heterocycles. The van der Waals surface area contributed by atoms with Crippen LogP contribution >= 0.6 is 0 Å². The van der Waals surface area contributed by atoms with Crippen molar-refractivity contribution >= 4 is 11.0 Å². The van der Waals surface area contributed by atoms with Gasteiger partial charge in [-0.15, -0.1) is 0 Å². The summed E-state index contributed by atoms with van der Waals surface area (Å²) in [6.07, 6.45) is 0. The molecule has 0 spiro atoms. The van der Waals surface area contributed by atoms with Gasteiger partial charge in [-0.25, -0.2) is 4.98 Å². The minimum atomic E-state index is -0.262. The number of fused-ring (bicyclic) bond motifs is 1. The van der Waals surface area contributed by atoms with Gasteiger partial charge in [-0.3, -0.25) is 0 Å². The maximum absolute atomic E-state index is 8.61. The number of hydrogen-bond donors (Lipinski definition) is 1. The van der Waals surface area contributed by atoms with Crippen molar-refractivity contribution in [2.24, 2.45) is 7.05 Å². The fourth-order valence-corrected chi connectivity index (χ4v) is 1.66. The number of para-hydroxylation sites is 1. The molecule has 4 heteroatoms. The summed E-state index contributed by atoms with van der Waals surface area (Å²) in [7, 11) is 1.99. The zero-order valence-electron chi connectivity index (χ0n) is 8.90. The molecule has 15 heavy (non-hydrogen) atoms. The molecule has 1 heterocycles. The van der Waals surface area contributed by atoms with Crippen LogP contribution in [0.5, 0.6) is 0 Å². The molecule has 4 nitrogen and oxygen atoms in total. The number of ether oxygens (including phenoxy) is 1. The lowest BCUT2D eigenvalue weighted by atomic mass is 10.2. The lowest BCUT2D eigenvalue weighted by Gasteiger charge is -2.02. The van der Waals surface area contributed by atoms with Crippen molar-refractivity contribution in [1.82, 2.24) is 9.55 Å². The van der Waals surface area contributed by atoms with Gasteiger partial charge in [-0.1, -0.05) is 12.1 Å². The topological polar surface area (TPSA) is 47.3 Å². The van der Waals surface area contributed by atoms with Gasteiger partial charge in [0.1, 0.15) is 12.6 Å². The van der Waals surface area contributed by atoms with E-state index in [1.54, 1.807) is 0 Å². The van der Waals surface area contributed by atoms with Crippen LogP contribution < -0.4 is 0 Å². The highest BCUT2D eigenvalue weighted by Gasteiger charge is 2.07. The maximum atomic E-state index is 8.61. The summed E-state index contributed by atoms with van der Waals surface area (Å²) in [5.74, 6) is 0.974. The number of aryl methyl sites for hydroxylation is 2. The molecular weight excluding hydrogens is 192 g/mol. The summed E-state index contributed by atoms with van der Waals surface area (Å²) in [6.45, 7) is 2.10. The summed E-state index contributed by atoms with van der Waals surface area (Å²) < 4.78 is 7.02. The molecule has 0 amide bonds. The first-order valence-electron chi connectivity index (χ1n) is 4.83. The molecule has 2 rings (SSSR count). The third kappa shape index (κ3) is 1.73. The molecule has 0 aliphatic carbocycles. The molecule has 0 saturated carbocycles. The summed E-state index contributed by atoms with van der Waals surface area (Å²) >= 11 is 0. The monoisotopic (exact) mass is 206 g/mol. The Morgan fingerprint density at radius 1 is 1.47 bits per heavy atom. The van der Waals surface area contributed by atoms with Crippen molar-refractivity contribution in [3.63, 3.8) is 0 Å². The number of aromatic nitrogens is 2. The molecule has 1 N–H and O–H groups in total. The summed E-state index contributed by atoms with van der Waals surface area (Å²) in [5.41, 5.74) is 3.04. The standard InChI is InChI=1S/C11H14N2O2/c1-8-12-11-9(6-15-7-14)4-3-5-10(11)13(8)2/h3-5,14H,6-7H2,1-2H3. The first-order chi connectivity index (χ1) is 7.24. The number of imidazole rings is 1. The minimum Gasteiger partial charge on any atom is -0.371 e. The van der Waals surface area contributed by atoms with Gasteiger partial charge in [0.2, 0.25) is 0 Å². The van der Waals surface area contributed by atoms with Crippen molar-refractivity contribution in [3.05, 3.63) is 29.6 Å². The molecule has 0 radical (unpaired) electrons. The van der Waals surface area contributed by atoms with E-state index < -0.39 is 0 Å². The molecular formula is C11H14N2O2. The number of benzene rings is 1. The highest BCUT2D eigenvalue weighted by molar-refractivity contribution is 5.79. The van der Waals surface area contributed by atoms with Gasteiger partial charge in [0, 0.05) is 12.6 Å². The third-order valence-corrected chi connectivity index (χ3v) is 2.57. The van der Waals surface area contributed by atoms with Crippen LogP contribution in [-0.4, -0.2) is 21.5 Å². The Kier molecular flexibility index (Phi) is 2.70. The van der Waals surface area contributed by atoms with Crippen molar-refractivity contribution in [3.8, 4) is 0 Å². The molecule has 2 aromatic rings. The Hall–Kier alpha value is -1.39. The first kappa shape index (κ1) is 10.1. The highest BCUT2D eigenvalue weighted by Crippen LogP contribution is 2.19. The predicted octanol–water partition coefficient (Wildman–Crippen LogP) is 1.35. The molecule has 0 bridgehead atoms. The molecule has 80 valence electrons. The molecule has 0 fully saturated rings. The minimum absolute atomic E-state index is 0.262. The molecule has 0 aliphatic heterocycles. The average molecular weight is 206 g/mol. The maximum Gasteiger partial charge on any atom is 0.144 e. The largest absolute Gasteiger partial charge is 0.371 e. The van der Waals surface area contributed by atoms with E-state index >= 15 is 0 Å². The zero-order valence-corrected chi connectivity index (χ0v) is 8.90. The van der Waals surface area contributed by atoms with E-state index in [0.29, 0.717) is 6.61 Å². The molecule has 1 aromatic carbocycles. The number of aliphatic hydroxyl groups excluding tert-OH is 1. The van der Waals surface area contributed by atoms with Crippen molar-refractivity contribution in [2.45, 2.75) is 13.5 Å². The van der Waals surface area contributed by atoms with Crippen molar-refractivity contribution < 1.29 is 9.84 Å². The van der Waals surface area contributed by atoms with Crippen LogP contribution in [0.1, 0.15) is 11.4 Å². The Labute approximate surface area is 88.1 Å². The van der Waals surface area contributed by atoms with Crippen LogP contribution in [0.4, 0.5) is 0 Å². The van der Waals surface area contributed by atoms with Crippen molar-refractivity contribution in [2.75, 3.05) is 6.79 Å². The Morgan fingerprint density at radius 3 is 3.00 bits per heavy atom. The van der Waals surface area contributed by atoms with E-state index in [9.17, 15) is 0 Å². The van der Waals surface area contributed by atoms with Crippen LogP contribution in [0.3, 0.4) is 0 Å². The predicted molar refractivity (Wildman–Crippen MR) is 57.3 cm³/mol. The fraction of sp³-hybridized carbons (Fsp3) is 0.364. The highest BCUT2D eigenvalue weighted by atomic mass is 16.6. The normalized spacial score (nSPS) is 11.1. The summed E-state index contributed by atoms with van der Waals surface area (Å²) in [5, 5.41) is 8.61. The molecule has 0 atom stereocenters.